The van der Waals surface area contributed by atoms with Crippen molar-refractivity contribution in [3.8, 4) is 5.00 Å². The van der Waals surface area contributed by atoms with Crippen LogP contribution in [0, 0.1) is 5.92 Å². The second-order valence-electron chi connectivity index (χ2n) is 10.6. The van der Waals surface area contributed by atoms with Crippen molar-refractivity contribution in [3.05, 3.63) is 87.8 Å². The number of rotatable bonds is 8. The third kappa shape index (κ3) is 4.85. The van der Waals surface area contributed by atoms with Gasteiger partial charge in [0, 0.05) is 28.0 Å². The van der Waals surface area contributed by atoms with E-state index in [0.29, 0.717) is 39.9 Å². The highest BCUT2D eigenvalue weighted by atomic mass is 32.2. The van der Waals surface area contributed by atoms with Crippen molar-refractivity contribution in [2.24, 2.45) is 11.0 Å². The first-order valence-corrected chi connectivity index (χ1v) is 16.5. The fraction of sp³-hybridized carbons (Fsp3) is 0.300. The highest BCUT2D eigenvalue weighted by Gasteiger charge is 2.45. The van der Waals surface area contributed by atoms with Gasteiger partial charge in [-0.15, -0.1) is 21.5 Å². The SMILES string of the molecule is CC(C)[C@H]1Cc2c(sc3c2C2NN=C(SCC(=O)c4ccccc4)N2c2nnc(SCC(=O)c4ccccc4)n2-3)CO1. The quantitative estimate of drug-likeness (QED) is 0.197. The molecule has 2 aromatic carbocycles. The third-order valence-electron chi connectivity index (χ3n) is 7.60. The van der Waals surface area contributed by atoms with Gasteiger partial charge in [-0.05, 0) is 11.5 Å². The molecule has 0 radical (unpaired) electrons. The number of Topliss-reactive ketones (excluding diaryl/α,β-unsaturated/α-hetero) is 2. The van der Waals surface area contributed by atoms with Crippen LogP contribution in [0.25, 0.3) is 5.00 Å². The first-order chi connectivity index (χ1) is 20.5. The normalized spacial score (nSPS) is 18.5. The van der Waals surface area contributed by atoms with Crippen molar-refractivity contribution >= 4 is 57.5 Å². The molecule has 1 N–H and O–H groups in total. The van der Waals surface area contributed by atoms with E-state index in [4.69, 9.17) is 4.74 Å². The van der Waals surface area contributed by atoms with Crippen LogP contribution in [0.15, 0.2) is 70.9 Å². The molecule has 214 valence electrons. The Bertz CT molecular complexity index is 1680. The molecule has 3 aliphatic heterocycles. The van der Waals surface area contributed by atoms with Gasteiger partial charge in [0.2, 0.25) is 5.95 Å². The fourth-order valence-electron chi connectivity index (χ4n) is 5.37. The van der Waals surface area contributed by atoms with E-state index in [9.17, 15) is 9.59 Å². The molecule has 9 nitrogen and oxygen atoms in total. The van der Waals surface area contributed by atoms with Crippen LogP contribution in [0.2, 0.25) is 0 Å². The molecule has 0 fully saturated rings. The number of amidine groups is 1. The Morgan fingerprint density at radius 1 is 1.00 bits per heavy atom. The molecule has 0 spiro atoms. The summed E-state index contributed by atoms with van der Waals surface area (Å²) < 4.78 is 8.27. The zero-order valence-corrected chi connectivity index (χ0v) is 25.5. The summed E-state index contributed by atoms with van der Waals surface area (Å²) >= 11 is 4.45. The van der Waals surface area contributed by atoms with Gasteiger partial charge in [-0.2, -0.15) is 5.10 Å². The minimum absolute atomic E-state index is 0.0329. The van der Waals surface area contributed by atoms with Crippen molar-refractivity contribution in [1.29, 1.82) is 0 Å². The molecular formula is C30H28N6O3S3. The number of nitrogens with zero attached hydrogens (tertiary/aromatic N) is 5. The van der Waals surface area contributed by atoms with E-state index >= 15 is 0 Å². The molecule has 0 amide bonds. The molecular weight excluding hydrogens is 589 g/mol. The number of hydrogen-bond acceptors (Lipinski definition) is 11. The minimum atomic E-state index is -0.263. The maximum atomic E-state index is 12.9. The number of ether oxygens (including phenoxy) is 1. The lowest BCUT2D eigenvalue weighted by Gasteiger charge is -2.33. The number of carbonyl (C=O) groups is 2. The summed E-state index contributed by atoms with van der Waals surface area (Å²) in [5.74, 6) is 1.55. The van der Waals surface area contributed by atoms with Gasteiger partial charge in [-0.3, -0.25) is 19.9 Å². The number of nitrogens with one attached hydrogen (secondary N) is 1. The topological polar surface area (TPSA) is 102 Å². The molecule has 3 aliphatic rings. The zero-order chi connectivity index (χ0) is 28.8. The van der Waals surface area contributed by atoms with Crippen molar-refractivity contribution in [2.45, 2.75) is 44.3 Å². The Morgan fingerprint density at radius 3 is 2.33 bits per heavy atom. The van der Waals surface area contributed by atoms with E-state index < -0.39 is 0 Å². The molecule has 4 aromatic rings. The number of carbonyl (C=O) groups excluding carboxylic acids is 2. The molecule has 5 heterocycles. The number of hydrazone groups is 1. The van der Waals surface area contributed by atoms with Crippen molar-refractivity contribution in [1.82, 2.24) is 20.2 Å². The molecule has 12 heteroatoms. The van der Waals surface area contributed by atoms with Crippen LogP contribution < -0.4 is 10.3 Å². The van der Waals surface area contributed by atoms with Gasteiger partial charge < -0.3 is 4.74 Å². The van der Waals surface area contributed by atoms with Crippen LogP contribution in [-0.4, -0.2) is 49.1 Å². The number of fused-ring (bicyclic) bond motifs is 8. The molecule has 2 aromatic heterocycles. The zero-order valence-electron chi connectivity index (χ0n) is 23.0. The third-order valence-corrected chi connectivity index (χ3v) is 10.7. The smallest absolute Gasteiger partial charge is 0.241 e. The van der Waals surface area contributed by atoms with Crippen LogP contribution in [0.4, 0.5) is 5.95 Å². The van der Waals surface area contributed by atoms with E-state index in [2.05, 4.69) is 34.6 Å². The predicted octanol–water partition coefficient (Wildman–Crippen LogP) is 5.71. The second-order valence-corrected chi connectivity index (χ2v) is 13.6. The summed E-state index contributed by atoms with van der Waals surface area (Å²) in [7, 11) is 0. The number of benzene rings is 2. The van der Waals surface area contributed by atoms with E-state index in [1.807, 2.05) is 70.1 Å². The standard InChI is InChI=1S/C30H28N6O3S3/c1-17(2)23-13-20-24(14-39-23)42-27-25(20)26-31-33-29(40-15-21(37)18-9-5-3-6-10-18)35(26)28-32-34-30(36(27)28)41-16-22(38)19-11-7-4-8-12-19/h3-12,17,23,26,31H,13-16H2,1-2H3/t23-,26?/m1/s1. The molecule has 2 atom stereocenters. The lowest BCUT2D eigenvalue weighted by molar-refractivity contribution is 0.00135. The van der Waals surface area contributed by atoms with E-state index in [-0.39, 0.29) is 35.3 Å². The molecule has 42 heavy (non-hydrogen) atoms. The van der Waals surface area contributed by atoms with Gasteiger partial charge in [-0.1, -0.05) is 98.0 Å². The van der Waals surface area contributed by atoms with Gasteiger partial charge >= 0.3 is 0 Å². The Balaban J connectivity index is 1.22. The number of thiophene rings is 1. The molecule has 1 unspecified atom stereocenters. The van der Waals surface area contributed by atoms with Crippen LogP contribution >= 0.6 is 34.9 Å². The number of ketones is 2. The lowest BCUT2D eigenvalue weighted by atomic mass is 9.93. The largest absolute Gasteiger partial charge is 0.372 e. The maximum absolute atomic E-state index is 12.9. The molecule has 0 aliphatic carbocycles. The van der Waals surface area contributed by atoms with Crippen LogP contribution in [0.5, 0.6) is 0 Å². The average molecular weight is 617 g/mol. The minimum Gasteiger partial charge on any atom is -0.372 e. The molecule has 7 rings (SSSR count). The fourth-order valence-corrected chi connectivity index (χ4v) is 8.41. The summed E-state index contributed by atoms with van der Waals surface area (Å²) in [5, 5.41) is 16.2. The van der Waals surface area contributed by atoms with Crippen LogP contribution in [0.1, 0.15) is 56.7 Å². The summed E-state index contributed by atoms with van der Waals surface area (Å²) in [4.78, 5) is 29.1. The van der Waals surface area contributed by atoms with Crippen molar-refractivity contribution in [2.75, 3.05) is 16.4 Å². The van der Waals surface area contributed by atoms with Crippen LogP contribution in [-0.2, 0) is 17.8 Å². The first kappa shape index (κ1) is 27.4. The van der Waals surface area contributed by atoms with Gasteiger partial charge in [-0.25, -0.2) is 4.57 Å². The van der Waals surface area contributed by atoms with Crippen LogP contribution in [0.3, 0.4) is 0 Å². The van der Waals surface area contributed by atoms with Gasteiger partial charge in [0.25, 0.3) is 0 Å². The summed E-state index contributed by atoms with van der Waals surface area (Å²) in [6.07, 6.45) is 0.677. The Morgan fingerprint density at radius 2 is 1.67 bits per heavy atom. The average Bonchev–Trinajstić information content (AvgIpc) is 3.74. The summed E-state index contributed by atoms with van der Waals surface area (Å²) in [6.45, 7) is 4.93. The van der Waals surface area contributed by atoms with Crippen molar-refractivity contribution < 1.29 is 14.3 Å². The highest BCUT2D eigenvalue weighted by molar-refractivity contribution is 8.14. The van der Waals surface area contributed by atoms with Crippen molar-refractivity contribution in [3.63, 3.8) is 0 Å². The molecule has 0 saturated carbocycles. The van der Waals surface area contributed by atoms with E-state index in [1.54, 1.807) is 11.3 Å². The second kappa shape index (κ2) is 11.3. The van der Waals surface area contributed by atoms with Gasteiger partial charge in [0.1, 0.15) is 5.00 Å². The number of hydrogen-bond donors (Lipinski definition) is 1. The molecule has 0 saturated heterocycles. The Kier molecular flexibility index (Phi) is 7.39. The predicted molar refractivity (Wildman–Crippen MR) is 167 cm³/mol. The maximum Gasteiger partial charge on any atom is 0.241 e. The number of thioether (sulfide) groups is 2. The van der Waals surface area contributed by atoms with Gasteiger partial charge in [0.15, 0.2) is 28.1 Å². The number of aromatic nitrogens is 3. The lowest BCUT2D eigenvalue weighted by Crippen LogP contribution is -2.39. The summed E-state index contributed by atoms with van der Waals surface area (Å²) in [6, 6.07) is 18.6. The molecule has 0 bridgehead atoms. The first-order valence-electron chi connectivity index (χ1n) is 13.8. The Labute approximate surface area is 255 Å². The Hall–Kier alpha value is -3.45. The highest BCUT2D eigenvalue weighted by Crippen LogP contribution is 2.49. The van der Waals surface area contributed by atoms with E-state index in [0.717, 1.165) is 17.0 Å². The number of anilines is 1. The van der Waals surface area contributed by atoms with E-state index in [1.165, 1.54) is 34.0 Å². The monoisotopic (exact) mass is 616 g/mol. The summed E-state index contributed by atoms with van der Waals surface area (Å²) in [5.41, 5.74) is 7.10. The van der Waals surface area contributed by atoms with Gasteiger partial charge in [0.05, 0.1) is 24.2 Å².